The van der Waals surface area contributed by atoms with Crippen molar-refractivity contribution in [2.75, 3.05) is 13.7 Å². The number of methoxy groups -OCH3 is 1. The number of thioether (sulfide) groups is 1. The fourth-order valence-electron chi connectivity index (χ4n) is 3.43. The Morgan fingerprint density at radius 1 is 1.16 bits per heavy atom. The summed E-state index contributed by atoms with van der Waals surface area (Å²) in [6, 6.07) is 9.69. The zero-order valence-electron chi connectivity index (χ0n) is 16.7. The van der Waals surface area contributed by atoms with Gasteiger partial charge >= 0.3 is 0 Å². The molecule has 0 saturated heterocycles. The first kappa shape index (κ1) is 20.4. The van der Waals surface area contributed by atoms with Gasteiger partial charge in [-0.15, -0.1) is 21.5 Å². The van der Waals surface area contributed by atoms with E-state index >= 15 is 0 Å². The Kier molecular flexibility index (Phi) is 5.86. The van der Waals surface area contributed by atoms with Gasteiger partial charge in [-0.1, -0.05) is 23.9 Å². The Morgan fingerprint density at radius 3 is 2.90 bits per heavy atom. The summed E-state index contributed by atoms with van der Waals surface area (Å²) >= 11 is 4.89. The van der Waals surface area contributed by atoms with Crippen LogP contribution in [0, 0.1) is 0 Å². The van der Waals surface area contributed by atoms with Crippen LogP contribution >= 0.6 is 34.4 Å². The second-order valence-electron chi connectivity index (χ2n) is 6.88. The fraction of sp³-hybridized carbons (Fsp3) is 0.238. The topological polar surface area (TPSA) is 74.3 Å². The third-order valence-corrected chi connectivity index (χ3v) is 7.46. The van der Waals surface area contributed by atoms with Gasteiger partial charge in [0, 0.05) is 42.3 Å². The van der Waals surface area contributed by atoms with E-state index in [1.165, 1.54) is 0 Å². The Bertz CT molecular complexity index is 1390. The molecule has 0 radical (unpaired) electrons. The minimum Gasteiger partial charge on any atom is -0.385 e. The van der Waals surface area contributed by atoms with Crippen LogP contribution in [0.25, 0.3) is 27.3 Å². The summed E-state index contributed by atoms with van der Waals surface area (Å²) in [6.07, 6.45) is 0.726. The summed E-state index contributed by atoms with van der Waals surface area (Å²) in [5, 5.41) is 17.5. The third kappa shape index (κ3) is 3.91. The lowest BCUT2D eigenvalue weighted by molar-refractivity contribution is 0.190. The van der Waals surface area contributed by atoms with Crippen LogP contribution in [0.15, 0.2) is 56.4 Å². The van der Waals surface area contributed by atoms with Gasteiger partial charge in [-0.25, -0.2) is 4.98 Å². The second-order valence-corrected chi connectivity index (χ2v) is 9.46. The molecule has 0 unspecified atom stereocenters. The molecule has 31 heavy (non-hydrogen) atoms. The van der Waals surface area contributed by atoms with Gasteiger partial charge in [0.25, 0.3) is 5.56 Å². The first-order valence-electron chi connectivity index (χ1n) is 9.71. The molecule has 0 aliphatic heterocycles. The molecule has 5 rings (SSSR count). The monoisotopic (exact) mass is 469 g/mol. The van der Waals surface area contributed by atoms with Crippen molar-refractivity contribution < 1.29 is 4.74 Å². The quantitative estimate of drug-likeness (QED) is 0.245. The second kappa shape index (κ2) is 8.91. The highest BCUT2D eigenvalue weighted by Crippen LogP contribution is 2.29. The minimum atomic E-state index is -0.0527. The van der Waals surface area contributed by atoms with Crippen molar-refractivity contribution in [3.8, 4) is 10.6 Å². The summed E-state index contributed by atoms with van der Waals surface area (Å²) in [4.78, 5) is 17.8. The summed E-state index contributed by atoms with van der Waals surface area (Å²) in [5.41, 5.74) is 2.93. The van der Waals surface area contributed by atoms with E-state index in [0.29, 0.717) is 30.1 Å². The number of hydrogen-bond donors (Lipinski definition) is 0. The molecule has 0 aliphatic carbocycles. The number of benzene rings is 1. The fourth-order valence-corrected chi connectivity index (χ4v) is 5.90. The van der Waals surface area contributed by atoms with Gasteiger partial charge < -0.3 is 4.74 Å². The van der Waals surface area contributed by atoms with Crippen molar-refractivity contribution in [1.29, 1.82) is 0 Å². The van der Waals surface area contributed by atoms with Crippen molar-refractivity contribution >= 4 is 51.1 Å². The van der Waals surface area contributed by atoms with Crippen LogP contribution in [0.5, 0.6) is 0 Å². The van der Waals surface area contributed by atoms with E-state index in [2.05, 4.69) is 32.4 Å². The highest BCUT2D eigenvalue weighted by molar-refractivity contribution is 7.98. The van der Waals surface area contributed by atoms with Crippen LogP contribution in [-0.2, 0) is 17.0 Å². The molecule has 0 saturated carbocycles. The number of aromatic nitrogens is 5. The summed E-state index contributed by atoms with van der Waals surface area (Å²) < 4.78 is 8.82. The summed E-state index contributed by atoms with van der Waals surface area (Å²) in [6.45, 7) is 1.11. The summed E-state index contributed by atoms with van der Waals surface area (Å²) in [7, 11) is 1.66. The lowest BCUT2D eigenvalue weighted by Gasteiger charge is -2.11. The average Bonchev–Trinajstić information content (AvgIpc) is 3.55. The van der Waals surface area contributed by atoms with Gasteiger partial charge in [0.15, 0.2) is 5.16 Å². The van der Waals surface area contributed by atoms with Gasteiger partial charge in [0.05, 0.1) is 16.6 Å². The molecular weight excluding hydrogens is 450 g/mol. The molecule has 10 heteroatoms. The number of rotatable bonds is 8. The maximum atomic E-state index is 13.1. The van der Waals surface area contributed by atoms with E-state index in [4.69, 9.17) is 9.72 Å². The van der Waals surface area contributed by atoms with E-state index in [-0.39, 0.29) is 5.56 Å². The zero-order valence-corrected chi connectivity index (χ0v) is 19.2. The molecule has 0 aliphatic rings. The van der Waals surface area contributed by atoms with Gasteiger partial charge in [-0.3, -0.25) is 13.8 Å². The zero-order chi connectivity index (χ0) is 21.2. The largest absolute Gasteiger partial charge is 0.385 e. The number of nitrogens with zero attached hydrogens (tertiary/aromatic N) is 5. The molecule has 0 atom stereocenters. The van der Waals surface area contributed by atoms with E-state index in [9.17, 15) is 4.79 Å². The van der Waals surface area contributed by atoms with Crippen molar-refractivity contribution in [2.24, 2.45) is 0 Å². The van der Waals surface area contributed by atoms with Gasteiger partial charge in [0.1, 0.15) is 5.01 Å². The lowest BCUT2D eigenvalue weighted by Crippen LogP contribution is -2.24. The van der Waals surface area contributed by atoms with E-state index in [1.54, 1.807) is 46.1 Å². The molecule has 0 bridgehead atoms. The van der Waals surface area contributed by atoms with Crippen LogP contribution in [0.2, 0.25) is 0 Å². The Morgan fingerprint density at radius 2 is 2.06 bits per heavy atom. The molecule has 0 spiro atoms. The van der Waals surface area contributed by atoms with E-state index in [1.807, 2.05) is 28.7 Å². The first-order chi connectivity index (χ1) is 15.3. The maximum Gasteiger partial charge on any atom is 0.262 e. The number of hydrogen-bond acceptors (Lipinski definition) is 8. The normalized spacial score (nSPS) is 11.6. The highest BCUT2D eigenvalue weighted by atomic mass is 32.2. The predicted molar refractivity (Wildman–Crippen MR) is 126 cm³/mol. The molecule has 1 aromatic carbocycles. The van der Waals surface area contributed by atoms with Crippen LogP contribution in [0.4, 0.5) is 0 Å². The Balaban J connectivity index is 1.50. The molecule has 0 N–H and O–H groups in total. The van der Waals surface area contributed by atoms with Crippen LogP contribution in [0.1, 0.15) is 12.1 Å². The lowest BCUT2D eigenvalue weighted by atomic mass is 10.2. The number of para-hydroxylation sites is 1. The molecule has 0 amide bonds. The standard InChI is InChI=1S/C21H19N5O2S3/c1-28-9-4-8-25-19(27)16-5-2-3-6-17(16)26-20(25)23-24-21(26)31-13-15-12-30-18(22-15)14-7-10-29-11-14/h2-3,5-7,10-12H,4,8-9,13H2,1H3. The smallest absolute Gasteiger partial charge is 0.262 e. The molecular formula is C21H19N5O2S3. The van der Waals surface area contributed by atoms with Crippen LogP contribution in [0.3, 0.4) is 0 Å². The van der Waals surface area contributed by atoms with Crippen molar-refractivity contribution in [1.82, 2.24) is 24.1 Å². The van der Waals surface area contributed by atoms with Gasteiger partial charge in [-0.2, -0.15) is 11.3 Å². The molecule has 0 fully saturated rings. The van der Waals surface area contributed by atoms with Crippen molar-refractivity contribution in [2.45, 2.75) is 23.9 Å². The maximum absolute atomic E-state index is 13.1. The Labute approximate surface area is 190 Å². The van der Waals surface area contributed by atoms with Crippen molar-refractivity contribution in [3.05, 3.63) is 62.5 Å². The predicted octanol–water partition coefficient (Wildman–Crippen LogP) is 4.56. The minimum absolute atomic E-state index is 0.0527. The Hall–Kier alpha value is -2.53. The summed E-state index contributed by atoms with van der Waals surface area (Å²) in [5.74, 6) is 1.23. The number of fused-ring (bicyclic) bond motifs is 3. The van der Waals surface area contributed by atoms with Crippen LogP contribution < -0.4 is 5.56 Å². The molecule has 158 valence electrons. The van der Waals surface area contributed by atoms with Crippen molar-refractivity contribution in [3.63, 3.8) is 0 Å². The number of ether oxygens (including phenoxy) is 1. The molecule has 4 heterocycles. The van der Waals surface area contributed by atoms with Crippen LogP contribution in [-0.4, -0.2) is 37.9 Å². The number of aryl methyl sites for hydroxylation is 1. The number of thiazole rings is 1. The average molecular weight is 470 g/mol. The van der Waals surface area contributed by atoms with Gasteiger partial charge in [0.2, 0.25) is 5.78 Å². The van der Waals surface area contributed by atoms with Gasteiger partial charge in [-0.05, 0) is 30.0 Å². The first-order valence-corrected chi connectivity index (χ1v) is 12.5. The highest BCUT2D eigenvalue weighted by Gasteiger charge is 2.17. The van der Waals surface area contributed by atoms with E-state index < -0.39 is 0 Å². The molecule has 5 aromatic rings. The molecule has 7 nitrogen and oxygen atoms in total. The number of thiophene rings is 1. The molecule has 4 aromatic heterocycles. The SMILES string of the molecule is COCCCn1c(=O)c2ccccc2n2c(SCc3csc(-c4ccsc4)n3)nnc12. The third-order valence-electron chi connectivity index (χ3n) is 4.88. The van der Waals surface area contributed by atoms with E-state index in [0.717, 1.165) is 33.4 Å².